The smallest absolute Gasteiger partial charge is 0.255 e. The molecule has 2 aliphatic rings. The maximum absolute atomic E-state index is 12.5. The number of benzene rings is 2. The van der Waals surface area contributed by atoms with Gasteiger partial charge in [-0.1, -0.05) is 24.3 Å². The fourth-order valence-corrected chi connectivity index (χ4v) is 3.66. The molecule has 2 unspecified atom stereocenters. The number of amides is 1. The third kappa shape index (κ3) is 4.35. The molecule has 0 bridgehead atoms. The molecule has 1 aromatic heterocycles. The largest absolute Gasteiger partial charge is 0.322 e. The molecular formula is C24H24N4O. The summed E-state index contributed by atoms with van der Waals surface area (Å²) in [4.78, 5) is 21.0. The minimum Gasteiger partial charge on any atom is -0.322 e. The highest BCUT2D eigenvalue weighted by Crippen LogP contribution is 2.41. The van der Waals surface area contributed by atoms with Crippen LogP contribution < -0.4 is 10.6 Å². The molecule has 5 rings (SSSR count). The molecule has 5 nitrogen and oxygen atoms in total. The first kappa shape index (κ1) is 18.0. The molecule has 2 N–H and O–H groups in total. The van der Waals surface area contributed by atoms with E-state index in [0.717, 1.165) is 17.2 Å². The van der Waals surface area contributed by atoms with Gasteiger partial charge < -0.3 is 10.6 Å². The zero-order valence-corrected chi connectivity index (χ0v) is 16.2. The summed E-state index contributed by atoms with van der Waals surface area (Å²) in [6.45, 7) is 1.17. The molecule has 146 valence electrons. The van der Waals surface area contributed by atoms with Crippen LogP contribution in [0.3, 0.4) is 0 Å². The maximum atomic E-state index is 12.5. The van der Waals surface area contributed by atoms with Crippen LogP contribution in [0, 0.1) is 5.92 Å². The van der Waals surface area contributed by atoms with E-state index >= 15 is 0 Å². The van der Waals surface area contributed by atoms with Crippen LogP contribution >= 0.6 is 0 Å². The van der Waals surface area contributed by atoms with Crippen LogP contribution in [-0.2, 0) is 0 Å². The van der Waals surface area contributed by atoms with Crippen LogP contribution in [0.1, 0.15) is 41.1 Å². The molecule has 2 atom stereocenters. The Labute approximate surface area is 170 Å². The molecule has 1 amide bonds. The van der Waals surface area contributed by atoms with E-state index in [4.69, 9.17) is 0 Å². The van der Waals surface area contributed by atoms with Crippen molar-refractivity contribution in [3.05, 3.63) is 78.1 Å². The van der Waals surface area contributed by atoms with Gasteiger partial charge in [0, 0.05) is 41.2 Å². The van der Waals surface area contributed by atoms with Crippen LogP contribution in [0.15, 0.2) is 67.0 Å². The summed E-state index contributed by atoms with van der Waals surface area (Å²) < 4.78 is 0. The van der Waals surface area contributed by atoms with Gasteiger partial charge in [-0.25, -0.2) is 9.97 Å². The summed E-state index contributed by atoms with van der Waals surface area (Å²) in [7, 11) is 0. The molecule has 2 fully saturated rings. The van der Waals surface area contributed by atoms with Gasteiger partial charge in [0.1, 0.15) is 0 Å². The Hall–Kier alpha value is -3.05. The Balaban J connectivity index is 1.17. The molecule has 29 heavy (non-hydrogen) atoms. The average Bonchev–Trinajstić information content (AvgIpc) is 3.69. The van der Waals surface area contributed by atoms with Crippen LogP contribution in [0.25, 0.3) is 11.4 Å². The highest BCUT2D eigenvalue weighted by molar-refractivity contribution is 6.04. The second kappa shape index (κ2) is 7.76. The van der Waals surface area contributed by atoms with Gasteiger partial charge in [-0.05, 0) is 67.6 Å². The van der Waals surface area contributed by atoms with Gasteiger partial charge >= 0.3 is 0 Å². The maximum Gasteiger partial charge on any atom is 0.255 e. The SMILES string of the molecule is O=C(Nc1ccc(C2CC2NCC2CC2)cc1)c1ccc(-c2ncccn2)cc1. The number of rotatable bonds is 7. The Morgan fingerprint density at radius 2 is 1.69 bits per heavy atom. The van der Waals surface area contributed by atoms with Crippen molar-refractivity contribution in [2.24, 2.45) is 5.92 Å². The quantitative estimate of drug-likeness (QED) is 0.639. The summed E-state index contributed by atoms with van der Waals surface area (Å²) in [5, 5.41) is 6.65. The number of anilines is 1. The van der Waals surface area contributed by atoms with Gasteiger partial charge in [0.2, 0.25) is 0 Å². The number of nitrogens with zero attached hydrogens (tertiary/aromatic N) is 2. The minimum absolute atomic E-state index is 0.117. The lowest BCUT2D eigenvalue weighted by Crippen LogP contribution is -2.20. The fraction of sp³-hybridized carbons (Fsp3) is 0.292. The van der Waals surface area contributed by atoms with Gasteiger partial charge in [-0.2, -0.15) is 0 Å². The lowest BCUT2D eigenvalue weighted by Gasteiger charge is -2.08. The van der Waals surface area contributed by atoms with Gasteiger partial charge in [0.15, 0.2) is 5.82 Å². The lowest BCUT2D eigenvalue weighted by atomic mass is 10.1. The van der Waals surface area contributed by atoms with Crippen molar-refractivity contribution in [3.63, 3.8) is 0 Å². The van der Waals surface area contributed by atoms with Gasteiger partial charge in [0.25, 0.3) is 5.91 Å². The highest BCUT2D eigenvalue weighted by Gasteiger charge is 2.38. The van der Waals surface area contributed by atoms with Crippen molar-refractivity contribution >= 4 is 11.6 Å². The van der Waals surface area contributed by atoms with E-state index in [1.54, 1.807) is 30.6 Å². The summed E-state index contributed by atoms with van der Waals surface area (Å²) in [5.74, 6) is 2.07. The van der Waals surface area contributed by atoms with E-state index in [9.17, 15) is 4.79 Å². The number of carbonyl (C=O) groups excluding carboxylic acids is 1. The molecule has 0 radical (unpaired) electrons. The van der Waals surface area contributed by atoms with Gasteiger partial charge in [-0.15, -0.1) is 0 Å². The standard InChI is InChI=1S/C24H24N4O/c29-24(19-6-4-18(5-7-19)23-25-12-1-13-26-23)28-20-10-8-17(9-11-20)21-14-22(21)27-15-16-2-3-16/h1,4-13,16,21-22,27H,2-3,14-15H2,(H,28,29). The molecule has 3 aromatic rings. The number of hydrogen-bond acceptors (Lipinski definition) is 4. The van der Waals surface area contributed by atoms with E-state index in [-0.39, 0.29) is 5.91 Å². The molecule has 2 aromatic carbocycles. The number of aromatic nitrogens is 2. The first-order valence-corrected chi connectivity index (χ1v) is 10.3. The average molecular weight is 384 g/mol. The first-order valence-electron chi connectivity index (χ1n) is 10.3. The minimum atomic E-state index is -0.117. The van der Waals surface area contributed by atoms with Crippen LogP contribution in [-0.4, -0.2) is 28.5 Å². The molecule has 1 heterocycles. The highest BCUT2D eigenvalue weighted by atomic mass is 16.1. The zero-order valence-electron chi connectivity index (χ0n) is 16.2. The number of carbonyl (C=O) groups is 1. The van der Waals surface area contributed by atoms with Crippen LogP contribution in [0.5, 0.6) is 0 Å². The summed E-state index contributed by atoms with van der Waals surface area (Å²) in [6, 6.07) is 18.0. The zero-order chi connectivity index (χ0) is 19.6. The second-order valence-corrected chi connectivity index (χ2v) is 8.03. The van der Waals surface area contributed by atoms with E-state index < -0.39 is 0 Å². The summed E-state index contributed by atoms with van der Waals surface area (Å²) in [5.41, 5.74) is 3.67. The summed E-state index contributed by atoms with van der Waals surface area (Å²) >= 11 is 0. The second-order valence-electron chi connectivity index (χ2n) is 8.03. The Bertz CT molecular complexity index is 982. The Morgan fingerprint density at radius 3 is 2.38 bits per heavy atom. The fourth-order valence-electron chi connectivity index (χ4n) is 3.66. The molecule has 0 spiro atoms. The molecule has 5 heteroatoms. The van der Waals surface area contributed by atoms with Crippen molar-refractivity contribution in [3.8, 4) is 11.4 Å². The predicted octanol–water partition coefficient (Wildman–Crippen LogP) is 4.25. The van der Waals surface area contributed by atoms with Crippen molar-refractivity contribution in [1.82, 2.24) is 15.3 Å². The normalized spacial score (nSPS) is 20.3. The molecule has 0 aliphatic heterocycles. The van der Waals surface area contributed by atoms with Crippen molar-refractivity contribution < 1.29 is 4.79 Å². The van der Waals surface area contributed by atoms with Crippen LogP contribution in [0.4, 0.5) is 5.69 Å². The van der Waals surface area contributed by atoms with E-state index in [1.807, 2.05) is 24.3 Å². The van der Waals surface area contributed by atoms with Gasteiger partial charge in [-0.3, -0.25) is 4.79 Å². The Kier molecular flexibility index (Phi) is 4.82. The van der Waals surface area contributed by atoms with E-state index in [0.29, 0.717) is 23.3 Å². The van der Waals surface area contributed by atoms with Crippen molar-refractivity contribution in [2.45, 2.75) is 31.2 Å². The molecule has 0 saturated heterocycles. The molecule has 2 saturated carbocycles. The third-order valence-electron chi connectivity index (χ3n) is 5.72. The monoisotopic (exact) mass is 384 g/mol. The predicted molar refractivity (Wildman–Crippen MR) is 114 cm³/mol. The molecular weight excluding hydrogens is 360 g/mol. The number of nitrogens with one attached hydrogen (secondary N) is 2. The van der Waals surface area contributed by atoms with Crippen molar-refractivity contribution in [2.75, 3.05) is 11.9 Å². The number of hydrogen-bond donors (Lipinski definition) is 2. The first-order chi connectivity index (χ1) is 14.3. The Morgan fingerprint density at radius 1 is 0.966 bits per heavy atom. The van der Waals surface area contributed by atoms with Crippen molar-refractivity contribution in [1.29, 1.82) is 0 Å². The van der Waals surface area contributed by atoms with E-state index in [1.165, 1.54) is 31.4 Å². The lowest BCUT2D eigenvalue weighted by molar-refractivity contribution is 0.102. The van der Waals surface area contributed by atoms with Crippen LogP contribution in [0.2, 0.25) is 0 Å². The molecule has 2 aliphatic carbocycles. The third-order valence-corrected chi connectivity index (χ3v) is 5.72. The summed E-state index contributed by atoms with van der Waals surface area (Å²) in [6.07, 6.45) is 7.41. The topological polar surface area (TPSA) is 66.9 Å². The van der Waals surface area contributed by atoms with Gasteiger partial charge in [0.05, 0.1) is 0 Å². The van der Waals surface area contributed by atoms with E-state index in [2.05, 4.69) is 32.7 Å².